The highest BCUT2D eigenvalue weighted by atomic mass is 16.5. The van der Waals surface area contributed by atoms with Gasteiger partial charge >= 0.3 is 0 Å². The van der Waals surface area contributed by atoms with Gasteiger partial charge in [0, 0.05) is 45.4 Å². The number of nitrogens with zero attached hydrogens (tertiary/aromatic N) is 1. The Morgan fingerprint density at radius 3 is 2.55 bits per heavy atom. The lowest BCUT2D eigenvalue weighted by Gasteiger charge is -2.45. The first kappa shape index (κ1) is 14.8. The highest BCUT2D eigenvalue weighted by Crippen LogP contribution is 2.33. The molecule has 3 aliphatic rings. The molecule has 4 nitrogen and oxygen atoms in total. The van der Waals surface area contributed by atoms with Crippen molar-refractivity contribution in [2.45, 2.75) is 51.2 Å². The van der Waals surface area contributed by atoms with E-state index in [2.05, 4.69) is 24.1 Å². The topological polar surface area (TPSA) is 33.7 Å². The molecule has 0 aromatic rings. The van der Waals surface area contributed by atoms with Crippen molar-refractivity contribution in [2.75, 3.05) is 46.0 Å². The van der Waals surface area contributed by atoms with Crippen molar-refractivity contribution in [1.82, 2.24) is 10.2 Å². The lowest BCUT2D eigenvalue weighted by atomic mass is 9.79. The molecule has 0 bridgehead atoms. The average molecular weight is 282 g/mol. The van der Waals surface area contributed by atoms with E-state index in [4.69, 9.17) is 9.47 Å². The van der Waals surface area contributed by atoms with Gasteiger partial charge in [-0.05, 0) is 44.9 Å². The van der Waals surface area contributed by atoms with Crippen LogP contribution in [0.3, 0.4) is 0 Å². The lowest BCUT2D eigenvalue weighted by molar-refractivity contribution is -0.102. The van der Waals surface area contributed by atoms with Crippen molar-refractivity contribution >= 4 is 0 Å². The Kier molecular flexibility index (Phi) is 4.37. The number of hydrogen-bond donors (Lipinski definition) is 1. The first-order chi connectivity index (χ1) is 9.57. The Hall–Kier alpha value is -0.160. The van der Waals surface area contributed by atoms with Crippen LogP contribution < -0.4 is 5.32 Å². The quantitative estimate of drug-likeness (QED) is 0.831. The number of nitrogens with one attached hydrogen (secondary N) is 1. The van der Waals surface area contributed by atoms with Crippen molar-refractivity contribution in [3.8, 4) is 0 Å². The maximum atomic E-state index is 5.84. The van der Waals surface area contributed by atoms with Gasteiger partial charge in [-0.1, -0.05) is 0 Å². The monoisotopic (exact) mass is 282 g/mol. The number of rotatable bonds is 5. The lowest BCUT2D eigenvalue weighted by Crippen LogP contribution is -2.54. The summed E-state index contributed by atoms with van der Waals surface area (Å²) in [4.78, 5) is 2.61. The zero-order valence-corrected chi connectivity index (χ0v) is 13.1. The molecule has 0 aromatic carbocycles. The summed E-state index contributed by atoms with van der Waals surface area (Å²) in [6.07, 6.45) is 5.14. The molecule has 1 N–H and O–H groups in total. The third-order valence-electron chi connectivity index (χ3n) is 4.96. The van der Waals surface area contributed by atoms with Gasteiger partial charge in [0.2, 0.25) is 0 Å². The second-order valence-electron chi connectivity index (χ2n) is 7.59. The van der Waals surface area contributed by atoms with Crippen LogP contribution in [0.2, 0.25) is 0 Å². The molecule has 3 fully saturated rings. The molecular weight excluding hydrogens is 252 g/mol. The van der Waals surface area contributed by atoms with Gasteiger partial charge in [-0.25, -0.2) is 0 Å². The van der Waals surface area contributed by atoms with E-state index in [1.54, 1.807) is 0 Å². The van der Waals surface area contributed by atoms with Crippen LogP contribution in [-0.4, -0.2) is 62.5 Å². The predicted molar refractivity (Wildman–Crippen MR) is 80.0 cm³/mol. The molecule has 1 saturated carbocycles. The Bertz CT molecular complexity index is 322. The van der Waals surface area contributed by atoms with Crippen LogP contribution in [0.4, 0.5) is 0 Å². The number of hydrogen-bond acceptors (Lipinski definition) is 4. The van der Waals surface area contributed by atoms with Crippen molar-refractivity contribution in [3.63, 3.8) is 0 Å². The van der Waals surface area contributed by atoms with E-state index in [0.29, 0.717) is 5.41 Å². The van der Waals surface area contributed by atoms with Gasteiger partial charge in [0.15, 0.2) is 0 Å². The fourth-order valence-corrected chi connectivity index (χ4v) is 3.57. The summed E-state index contributed by atoms with van der Waals surface area (Å²) in [7, 11) is 0. The van der Waals surface area contributed by atoms with Crippen molar-refractivity contribution < 1.29 is 9.47 Å². The molecule has 0 amide bonds. The van der Waals surface area contributed by atoms with Crippen LogP contribution in [0.5, 0.6) is 0 Å². The second-order valence-corrected chi connectivity index (χ2v) is 7.59. The molecule has 3 rings (SSSR count). The van der Waals surface area contributed by atoms with Gasteiger partial charge in [-0.3, -0.25) is 4.90 Å². The molecule has 1 aliphatic carbocycles. The molecule has 0 atom stereocenters. The van der Waals surface area contributed by atoms with E-state index < -0.39 is 0 Å². The maximum absolute atomic E-state index is 5.84. The summed E-state index contributed by atoms with van der Waals surface area (Å²) >= 11 is 0. The highest BCUT2D eigenvalue weighted by molar-refractivity contribution is 4.92. The van der Waals surface area contributed by atoms with Gasteiger partial charge < -0.3 is 14.8 Å². The van der Waals surface area contributed by atoms with E-state index in [9.17, 15) is 0 Å². The Balaban J connectivity index is 1.59. The van der Waals surface area contributed by atoms with Crippen molar-refractivity contribution in [2.24, 2.45) is 5.41 Å². The molecule has 2 heterocycles. The fraction of sp³-hybridized carbons (Fsp3) is 1.00. The van der Waals surface area contributed by atoms with Gasteiger partial charge in [0.05, 0.1) is 12.2 Å². The van der Waals surface area contributed by atoms with E-state index >= 15 is 0 Å². The molecule has 2 saturated heterocycles. The van der Waals surface area contributed by atoms with Crippen molar-refractivity contribution in [1.29, 1.82) is 0 Å². The van der Waals surface area contributed by atoms with Crippen LogP contribution >= 0.6 is 0 Å². The summed E-state index contributed by atoms with van der Waals surface area (Å²) in [5.41, 5.74) is 0.419. The smallest absolute Gasteiger partial charge is 0.0753 e. The number of ether oxygens (including phenoxy) is 2. The fourth-order valence-electron chi connectivity index (χ4n) is 3.57. The standard InChI is InChI=1S/C16H30N2O2/c1-15(2)12-18(7-10-20-15)13-16(5-8-19-9-6-16)11-17-14-3-4-14/h14,17H,3-13H2,1-2H3. The molecule has 20 heavy (non-hydrogen) atoms. The van der Waals surface area contributed by atoms with E-state index in [1.807, 2.05) is 0 Å². The molecule has 0 radical (unpaired) electrons. The molecule has 2 aliphatic heterocycles. The second kappa shape index (κ2) is 5.91. The van der Waals surface area contributed by atoms with Gasteiger partial charge in [0.25, 0.3) is 0 Å². The predicted octanol–water partition coefficient (Wildman–Crippen LogP) is 1.65. The largest absolute Gasteiger partial charge is 0.381 e. The summed E-state index contributed by atoms with van der Waals surface area (Å²) in [6, 6.07) is 0.802. The van der Waals surface area contributed by atoms with E-state index in [-0.39, 0.29) is 5.60 Å². The first-order valence-corrected chi connectivity index (χ1v) is 8.25. The number of morpholine rings is 1. The first-order valence-electron chi connectivity index (χ1n) is 8.25. The average Bonchev–Trinajstić information content (AvgIpc) is 3.20. The normalized spacial score (nSPS) is 30.3. The van der Waals surface area contributed by atoms with Gasteiger partial charge in [-0.2, -0.15) is 0 Å². The third kappa shape index (κ3) is 3.94. The third-order valence-corrected chi connectivity index (χ3v) is 4.96. The summed E-state index contributed by atoms with van der Waals surface area (Å²) in [5.74, 6) is 0. The minimum Gasteiger partial charge on any atom is -0.381 e. The minimum atomic E-state index is 0.00846. The SMILES string of the molecule is CC1(C)CN(CC2(CNC3CC3)CCOCC2)CCO1. The molecular formula is C16H30N2O2. The molecule has 0 spiro atoms. The summed E-state index contributed by atoms with van der Waals surface area (Å²) < 4.78 is 11.5. The molecule has 4 heteroatoms. The molecule has 116 valence electrons. The molecule has 0 aromatic heterocycles. The van der Waals surface area contributed by atoms with Gasteiger partial charge in [0.1, 0.15) is 0 Å². The van der Waals surface area contributed by atoms with Crippen LogP contribution in [-0.2, 0) is 9.47 Å². The van der Waals surface area contributed by atoms with E-state index in [1.165, 1.54) is 38.8 Å². The Morgan fingerprint density at radius 1 is 1.15 bits per heavy atom. The minimum absolute atomic E-state index is 0.00846. The summed E-state index contributed by atoms with van der Waals surface area (Å²) in [5, 5.41) is 3.76. The van der Waals surface area contributed by atoms with Crippen molar-refractivity contribution in [3.05, 3.63) is 0 Å². The van der Waals surface area contributed by atoms with Crippen LogP contribution in [0.1, 0.15) is 39.5 Å². The van der Waals surface area contributed by atoms with Crippen LogP contribution in [0.15, 0.2) is 0 Å². The molecule has 0 unspecified atom stereocenters. The van der Waals surface area contributed by atoms with Crippen LogP contribution in [0.25, 0.3) is 0 Å². The highest BCUT2D eigenvalue weighted by Gasteiger charge is 2.38. The zero-order valence-electron chi connectivity index (χ0n) is 13.1. The Labute approximate surface area is 123 Å². The van der Waals surface area contributed by atoms with E-state index in [0.717, 1.165) is 39.0 Å². The zero-order chi connectivity index (χ0) is 14.1. The maximum Gasteiger partial charge on any atom is 0.0753 e. The van der Waals surface area contributed by atoms with Gasteiger partial charge in [-0.15, -0.1) is 0 Å². The Morgan fingerprint density at radius 2 is 1.90 bits per heavy atom. The van der Waals surface area contributed by atoms with Crippen LogP contribution in [0, 0.1) is 5.41 Å². The summed E-state index contributed by atoms with van der Waals surface area (Å²) in [6.45, 7) is 11.6.